The van der Waals surface area contributed by atoms with Crippen molar-refractivity contribution in [1.29, 1.82) is 0 Å². The van der Waals surface area contributed by atoms with Crippen molar-refractivity contribution in [2.45, 2.75) is 26.2 Å². The zero-order chi connectivity index (χ0) is 12.4. The van der Waals surface area contributed by atoms with Crippen LogP contribution in [-0.4, -0.2) is 22.0 Å². The molecule has 6 heteroatoms. The maximum Gasteiger partial charge on any atom is 0.307 e. The second-order valence-electron chi connectivity index (χ2n) is 4.27. The zero-order valence-corrected chi connectivity index (χ0v) is 10.3. The van der Waals surface area contributed by atoms with Crippen LogP contribution < -0.4 is 5.32 Å². The molecule has 1 aromatic heterocycles. The van der Waals surface area contributed by atoms with Crippen LogP contribution in [0.2, 0.25) is 0 Å². The first-order valence-corrected chi connectivity index (χ1v) is 6.41. The van der Waals surface area contributed by atoms with E-state index in [0.29, 0.717) is 18.0 Å². The number of nitrogens with zero attached hydrogens (tertiary/aromatic N) is 1. The van der Waals surface area contributed by atoms with Crippen LogP contribution >= 0.6 is 11.3 Å². The molecule has 1 aliphatic rings. The summed E-state index contributed by atoms with van der Waals surface area (Å²) in [5, 5.41) is 14.1. The van der Waals surface area contributed by atoms with Crippen LogP contribution in [-0.2, 0) is 9.59 Å². The summed E-state index contributed by atoms with van der Waals surface area (Å²) in [4.78, 5) is 27.0. The summed E-state index contributed by atoms with van der Waals surface area (Å²) in [6, 6.07) is 0. The molecule has 1 aliphatic carbocycles. The van der Waals surface area contributed by atoms with Crippen LogP contribution in [0.5, 0.6) is 0 Å². The number of carbonyl (C=O) groups is 2. The molecular weight excluding hydrogens is 240 g/mol. The van der Waals surface area contributed by atoms with Gasteiger partial charge in [0.25, 0.3) is 0 Å². The number of amides is 1. The fraction of sp³-hybridized carbons (Fsp3) is 0.545. The molecule has 0 bridgehead atoms. The number of aliphatic carboxylic acids is 1. The lowest BCUT2D eigenvalue weighted by atomic mass is 9.95. The van der Waals surface area contributed by atoms with Gasteiger partial charge in [-0.2, -0.15) is 0 Å². The van der Waals surface area contributed by atoms with E-state index in [1.165, 1.54) is 11.3 Å². The molecule has 2 atom stereocenters. The third-order valence-electron chi connectivity index (χ3n) is 3.02. The third kappa shape index (κ3) is 2.63. The third-order valence-corrected chi connectivity index (χ3v) is 3.89. The smallest absolute Gasteiger partial charge is 0.307 e. The maximum absolute atomic E-state index is 11.9. The van der Waals surface area contributed by atoms with E-state index < -0.39 is 17.8 Å². The van der Waals surface area contributed by atoms with Gasteiger partial charge >= 0.3 is 5.97 Å². The van der Waals surface area contributed by atoms with Gasteiger partial charge in [-0.3, -0.25) is 9.59 Å². The van der Waals surface area contributed by atoms with Crippen LogP contribution in [0.4, 0.5) is 5.13 Å². The summed E-state index contributed by atoms with van der Waals surface area (Å²) in [6.07, 6.45) is 2.03. The molecule has 1 heterocycles. The highest BCUT2D eigenvalue weighted by atomic mass is 32.1. The summed E-state index contributed by atoms with van der Waals surface area (Å²) in [6.45, 7) is 1.85. The Morgan fingerprint density at radius 2 is 2.18 bits per heavy atom. The molecule has 0 saturated heterocycles. The summed E-state index contributed by atoms with van der Waals surface area (Å²) >= 11 is 1.36. The molecule has 1 aromatic rings. The highest BCUT2D eigenvalue weighted by molar-refractivity contribution is 7.13. The Bertz CT molecular complexity index is 444. The van der Waals surface area contributed by atoms with Crippen molar-refractivity contribution in [2.24, 2.45) is 11.8 Å². The van der Waals surface area contributed by atoms with E-state index >= 15 is 0 Å². The molecule has 0 spiro atoms. The Kier molecular flexibility index (Phi) is 3.42. The lowest BCUT2D eigenvalue weighted by Gasteiger charge is -2.14. The van der Waals surface area contributed by atoms with Crippen molar-refractivity contribution in [3.63, 3.8) is 0 Å². The van der Waals surface area contributed by atoms with Crippen LogP contribution in [0, 0.1) is 18.8 Å². The van der Waals surface area contributed by atoms with E-state index in [-0.39, 0.29) is 5.91 Å². The number of hydrogen-bond acceptors (Lipinski definition) is 4. The molecule has 2 N–H and O–H groups in total. The summed E-state index contributed by atoms with van der Waals surface area (Å²) < 4.78 is 0. The lowest BCUT2D eigenvalue weighted by molar-refractivity contribution is -0.145. The molecule has 0 radical (unpaired) electrons. The van der Waals surface area contributed by atoms with Gasteiger partial charge in [-0.25, -0.2) is 4.98 Å². The Morgan fingerprint density at radius 3 is 2.76 bits per heavy atom. The first-order chi connectivity index (χ1) is 8.08. The summed E-state index contributed by atoms with van der Waals surface area (Å²) in [7, 11) is 0. The molecule has 1 amide bonds. The molecule has 92 valence electrons. The number of anilines is 1. The maximum atomic E-state index is 11.9. The number of aromatic nitrogens is 1. The number of carboxylic acid groups (broad SMARTS) is 1. The molecule has 5 nitrogen and oxygen atoms in total. The molecule has 17 heavy (non-hydrogen) atoms. The molecule has 2 unspecified atom stereocenters. The molecule has 1 fully saturated rings. The van der Waals surface area contributed by atoms with Gasteiger partial charge in [0, 0.05) is 5.38 Å². The van der Waals surface area contributed by atoms with Gasteiger partial charge < -0.3 is 10.4 Å². The van der Waals surface area contributed by atoms with Gasteiger partial charge in [0.05, 0.1) is 17.5 Å². The van der Waals surface area contributed by atoms with Crippen LogP contribution in [0.25, 0.3) is 0 Å². The molecule has 0 aliphatic heterocycles. The van der Waals surface area contributed by atoms with Crippen molar-refractivity contribution in [1.82, 2.24) is 4.98 Å². The van der Waals surface area contributed by atoms with Crippen LogP contribution in [0.3, 0.4) is 0 Å². The average Bonchev–Trinajstić information content (AvgIpc) is 2.86. The second-order valence-corrected chi connectivity index (χ2v) is 5.12. The summed E-state index contributed by atoms with van der Waals surface area (Å²) in [5.74, 6) is -2.06. The van der Waals surface area contributed by atoms with E-state index in [4.69, 9.17) is 5.11 Å². The monoisotopic (exact) mass is 254 g/mol. The van der Waals surface area contributed by atoms with E-state index in [1.54, 1.807) is 0 Å². The number of carboxylic acids is 1. The lowest BCUT2D eigenvalue weighted by Crippen LogP contribution is -2.29. The van der Waals surface area contributed by atoms with Crippen molar-refractivity contribution in [3.05, 3.63) is 11.1 Å². The van der Waals surface area contributed by atoms with E-state index in [2.05, 4.69) is 10.3 Å². The van der Waals surface area contributed by atoms with E-state index in [1.807, 2.05) is 12.3 Å². The van der Waals surface area contributed by atoms with E-state index in [9.17, 15) is 9.59 Å². The van der Waals surface area contributed by atoms with Crippen molar-refractivity contribution < 1.29 is 14.7 Å². The number of rotatable bonds is 3. The number of hydrogen-bond donors (Lipinski definition) is 2. The topological polar surface area (TPSA) is 79.3 Å². The second kappa shape index (κ2) is 4.83. The minimum absolute atomic E-state index is 0.218. The molecular formula is C11H14N2O3S. The minimum Gasteiger partial charge on any atom is -0.481 e. The van der Waals surface area contributed by atoms with Crippen LogP contribution in [0.15, 0.2) is 5.38 Å². The number of aryl methyl sites for hydroxylation is 1. The summed E-state index contributed by atoms with van der Waals surface area (Å²) in [5.41, 5.74) is 0.853. The first kappa shape index (κ1) is 12.0. The van der Waals surface area contributed by atoms with Gasteiger partial charge in [-0.15, -0.1) is 11.3 Å². The van der Waals surface area contributed by atoms with Crippen LogP contribution in [0.1, 0.15) is 25.0 Å². The molecule has 1 saturated carbocycles. The number of nitrogens with one attached hydrogen (secondary N) is 1. The normalized spacial score (nSPS) is 23.6. The Balaban J connectivity index is 2.02. The SMILES string of the molecule is Cc1csc(NC(=O)C2CCCC2C(=O)O)n1. The van der Waals surface area contributed by atoms with Crippen molar-refractivity contribution in [3.8, 4) is 0 Å². The standard InChI is InChI=1S/C11H14N2O3S/c1-6-5-17-11(12-6)13-9(14)7-3-2-4-8(7)10(15)16/h5,7-8H,2-4H2,1H3,(H,15,16)(H,12,13,14). The van der Waals surface area contributed by atoms with Gasteiger partial charge in [-0.1, -0.05) is 6.42 Å². The fourth-order valence-electron chi connectivity index (χ4n) is 2.18. The van der Waals surface area contributed by atoms with Crippen molar-refractivity contribution in [2.75, 3.05) is 5.32 Å². The number of carbonyl (C=O) groups excluding carboxylic acids is 1. The first-order valence-electron chi connectivity index (χ1n) is 5.53. The van der Waals surface area contributed by atoms with Gasteiger partial charge in [0.15, 0.2) is 5.13 Å². The Labute approximate surface area is 103 Å². The van der Waals surface area contributed by atoms with Gasteiger partial charge in [0.1, 0.15) is 0 Å². The molecule has 2 rings (SSSR count). The van der Waals surface area contributed by atoms with E-state index in [0.717, 1.165) is 12.1 Å². The van der Waals surface area contributed by atoms with Gasteiger partial charge in [-0.05, 0) is 19.8 Å². The Hall–Kier alpha value is -1.43. The minimum atomic E-state index is -0.877. The highest BCUT2D eigenvalue weighted by Crippen LogP contribution is 2.33. The quantitative estimate of drug-likeness (QED) is 0.863. The predicted octanol–water partition coefficient (Wildman–Crippen LogP) is 1.89. The Morgan fingerprint density at radius 1 is 1.47 bits per heavy atom. The fourth-order valence-corrected chi connectivity index (χ4v) is 2.87. The van der Waals surface area contributed by atoms with Gasteiger partial charge in [0.2, 0.25) is 5.91 Å². The highest BCUT2D eigenvalue weighted by Gasteiger charge is 2.37. The van der Waals surface area contributed by atoms with Crippen molar-refractivity contribution >= 4 is 28.3 Å². The predicted molar refractivity (Wildman–Crippen MR) is 63.9 cm³/mol. The average molecular weight is 254 g/mol. The largest absolute Gasteiger partial charge is 0.481 e. The number of thiazole rings is 1. The zero-order valence-electron chi connectivity index (χ0n) is 9.47. The molecule has 0 aromatic carbocycles.